The molecule has 26 heavy (non-hydrogen) atoms. The Morgan fingerprint density at radius 1 is 1.27 bits per heavy atom. The number of imide groups is 1. The van der Waals surface area contributed by atoms with Crippen LogP contribution in [0.2, 0.25) is 0 Å². The summed E-state index contributed by atoms with van der Waals surface area (Å²) in [5.41, 5.74) is 2.25. The van der Waals surface area contributed by atoms with Crippen molar-refractivity contribution in [3.63, 3.8) is 0 Å². The van der Waals surface area contributed by atoms with Gasteiger partial charge in [0, 0.05) is 44.0 Å². The first-order valence-electron chi connectivity index (χ1n) is 8.35. The van der Waals surface area contributed by atoms with Crippen molar-refractivity contribution in [3.05, 3.63) is 59.4 Å². The second-order valence-electron chi connectivity index (χ2n) is 6.74. The summed E-state index contributed by atoms with van der Waals surface area (Å²) in [6, 6.07) is 6.85. The monoisotopic (exact) mass is 369 g/mol. The molecule has 1 aromatic carbocycles. The maximum Gasteiger partial charge on any atom is 0.262 e. The van der Waals surface area contributed by atoms with Crippen LogP contribution in [0.15, 0.2) is 48.3 Å². The van der Waals surface area contributed by atoms with Gasteiger partial charge in [-0.2, -0.15) is 0 Å². The molecular weight excluding hydrogens is 350 g/mol. The van der Waals surface area contributed by atoms with E-state index in [4.69, 9.17) is 0 Å². The minimum Gasteiger partial charge on any atom is -0.378 e. The van der Waals surface area contributed by atoms with Gasteiger partial charge in [0.1, 0.15) is 4.87 Å². The number of hydrogen-bond donors (Lipinski definition) is 0. The summed E-state index contributed by atoms with van der Waals surface area (Å²) in [7, 11) is 3.85. The molecule has 4 rings (SSSR count). The third kappa shape index (κ3) is 2.10. The highest BCUT2D eigenvalue weighted by molar-refractivity contribution is 8.01. The normalized spacial score (nSPS) is 26.7. The van der Waals surface area contributed by atoms with Gasteiger partial charge in [-0.3, -0.25) is 19.3 Å². The minimum absolute atomic E-state index is 0.0312. The second-order valence-corrected chi connectivity index (χ2v) is 7.94. The molecule has 2 atom stereocenters. The van der Waals surface area contributed by atoms with Crippen molar-refractivity contribution in [2.24, 2.45) is 0 Å². The number of rotatable bonds is 1. The van der Waals surface area contributed by atoms with Gasteiger partial charge in [0.05, 0.1) is 11.8 Å². The summed E-state index contributed by atoms with van der Waals surface area (Å²) in [4.78, 5) is 42.1. The fourth-order valence-electron chi connectivity index (χ4n) is 3.90. The van der Waals surface area contributed by atoms with E-state index < -0.39 is 10.9 Å². The summed E-state index contributed by atoms with van der Waals surface area (Å²) in [5, 5.41) is 0. The number of carbonyl (C=O) groups excluding carboxylic acids is 3. The largest absolute Gasteiger partial charge is 0.378 e. The van der Waals surface area contributed by atoms with E-state index in [-0.39, 0.29) is 23.5 Å². The minimum atomic E-state index is -0.945. The van der Waals surface area contributed by atoms with Crippen LogP contribution in [0.5, 0.6) is 0 Å². The molecule has 3 aliphatic heterocycles. The number of nitrogens with zero attached hydrogens (tertiary/aromatic N) is 3. The molecule has 3 heterocycles. The van der Waals surface area contributed by atoms with E-state index in [1.165, 1.54) is 23.6 Å². The van der Waals surface area contributed by atoms with Gasteiger partial charge >= 0.3 is 0 Å². The van der Waals surface area contributed by atoms with Gasteiger partial charge in [0.25, 0.3) is 5.91 Å². The van der Waals surface area contributed by atoms with Crippen LogP contribution < -0.4 is 0 Å². The number of likely N-dealkylation sites (N-methyl/N-ethyl adjacent to an activating group) is 1. The lowest BCUT2D eigenvalue weighted by molar-refractivity contribution is -0.135. The Kier molecular flexibility index (Phi) is 3.73. The van der Waals surface area contributed by atoms with Crippen LogP contribution in [-0.4, -0.2) is 58.3 Å². The molecule has 1 saturated heterocycles. The van der Waals surface area contributed by atoms with Crippen molar-refractivity contribution in [2.45, 2.75) is 17.8 Å². The fourth-order valence-corrected chi connectivity index (χ4v) is 5.42. The second kappa shape index (κ2) is 5.74. The number of hydrogen-bond acceptors (Lipinski definition) is 5. The van der Waals surface area contributed by atoms with E-state index in [1.54, 1.807) is 23.2 Å². The van der Waals surface area contributed by atoms with Crippen LogP contribution in [0, 0.1) is 0 Å². The number of amides is 3. The SMILES string of the molecule is CC(=O)N1C(=O)c2ccccc2[C@@]12SCC(=O)N1C=CC(N(C)C)=C[C@@H]12. The zero-order chi connectivity index (χ0) is 18.6. The lowest BCUT2D eigenvalue weighted by atomic mass is 9.93. The van der Waals surface area contributed by atoms with Crippen molar-refractivity contribution < 1.29 is 14.4 Å². The van der Waals surface area contributed by atoms with Crippen molar-refractivity contribution in [3.8, 4) is 0 Å². The molecule has 0 saturated carbocycles. The Hall–Kier alpha value is -2.54. The van der Waals surface area contributed by atoms with Crippen LogP contribution >= 0.6 is 11.8 Å². The first-order valence-corrected chi connectivity index (χ1v) is 9.33. The van der Waals surface area contributed by atoms with Crippen LogP contribution in [0.3, 0.4) is 0 Å². The van der Waals surface area contributed by atoms with E-state index in [2.05, 4.69) is 0 Å². The Balaban J connectivity index is 1.97. The van der Waals surface area contributed by atoms with Crippen molar-refractivity contribution in [1.29, 1.82) is 0 Å². The van der Waals surface area contributed by atoms with Gasteiger partial charge in [-0.1, -0.05) is 18.2 Å². The van der Waals surface area contributed by atoms with Crippen molar-refractivity contribution >= 4 is 29.5 Å². The Morgan fingerprint density at radius 3 is 2.69 bits per heavy atom. The topological polar surface area (TPSA) is 60.9 Å². The summed E-state index contributed by atoms with van der Waals surface area (Å²) < 4.78 is 0. The molecule has 0 bridgehead atoms. The maximum atomic E-state index is 13.0. The summed E-state index contributed by atoms with van der Waals surface area (Å²) in [6.45, 7) is 1.40. The highest BCUT2D eigenvalue weighted by atomic mass is 32.2. The quantitative estimate of drug-likeness (QED) is 0.755. The molecule has 0 aliphatic carbocycles. The van der Waals surface area contributed by atoms with E-state index >= 15 is 0 Å². The molecule has 0 N–H and O–H groups in total. The molecule has 0 unspecified atom stereocenters. The Labute approximate surface area is 156 Å². The molecular formula is C19H19N3O3S. The van der Waals surface area contributed by atoms with E-state index in [9.17, 15) is 14.4 Å². The zero-order valence-corrected chi connectivity index (χ0v) is 15.6. The molecule has 0 aromatic heterocycles. The predicted octanol–water partition coefficient (Wildman–Crippen LogP) is 1.76. The molecule has 1 aromatic rings. The molecule has 7 heteroatoms. The van der Waals surface area contributed by atoms with Crippen LogP contribution in [0.1, 0.15) is 22.8 Å². The van der Waals surface area contributed by atoms with Gasteiger partial charge in [-0.25, -0.2) is 0 Å². The lowest BCUT2D eigenvalue weighted by Gasteiger charge is -2.49. The molecule has 1 spiro atoms. The van der Waals surface area contributed by atoms with E-state index in [1.807, 2.05) is 43.3 Å². The third-order valence-electron chi connectivity index (χ3n) is 5.05. The van der Waals surface area contributed by atoms with E-state index in [0.29, 0.717) is 5.56 Å². The smallest absolute Gasteiger partial charge is 0.262 e. The number of thioether (sulfide) groups is 1. The summed E-state index contributed by atoms with van der Waals surface area (Å²) in [6.07, 6.45) is 5.60. The fraction of sp³-hybridized carbons (Fsp3) is 0.316. The highest BCUT2D eigenvalue weighted by Crippen LogP contribution is 2.54. The average Bonchev–Trinajstić information content (AvgIpc) is 2.88. The van der Waals surface area contributed by atoms with Crippen LogP contribution in [-0.2, 0) is 14.5 Å². The molecule has 1 fully saturated rings. The van der Waals surface area contributed by atoms with Crippen LogP contribution in [0.4, 0.5) is 0 Å². The highest BCUT2D eigenvalue weighted by Gasteiger charge is 2.60. The van der Waals surface area contributed by atoms with Gasteiger partial charge in [-0.05, 0) is 18.2 Å². The van der Waals surface area contributed by atoms with Gasteiger partial charge in [-0.15, -0.1) is 11.8 Å². The van der Waals surface area contributed by atoms with E-state index in [0.717, 1.165) is 11.3 Å². The molecule has 134 valence electrons. The predicted molar refractivity (Wildman–Crippen MR) is 99.0 cm³/mol. The van der Waals surface area contributed by atoms with Gasteiger partial charge in [0.15, 0.2) is 0 Å². The lowest BCUT2D eigenvalue weighted by Crippen LogP contribution is -2.61. The Morgan fingerprint density at radius 2 is 2.00 bits per heavy atom. The first kappa shape index (κ1) is 16.9. The summed E-state index contributed by atoms with van der Waals surface area (Å²) >= 11 is 1.36. The maximum absolute atomic E-state index is 13.0. The standard InChI is InChI=1S/C19H19N3O3S/c1-12(23)22-18(25)14-6-4-5-7-15(14)19(22)16-10-13(20(2)3)8-9-21(16)17(24)11-26-19/h4-10,16H,11H2,1-3H3/t16-,19+/m1/s1. The molecule has 3 amide bonds. The third-order valence-corrected chi connectivity index (χ3v) is 6.52. The average molecular weight is 369 g/mol. The number of fused-ring (bicyclic) bond motifs is 4. The number of allylic oxidation sites excluding steroid dienone is 1. The first-order chi connectivity index (χ1) is 12.4. The Bertz CT molecular complexity index is 892. The zero-order valence-electron chi connectivity index (χ0n) is 14.8. The van der Waals surface area contributed by atoms with Gasteiger partial charge in [0.2, 0.25) is 11.8 Å². The molecule has 3 aliphatic rings. The number of benzene rings is 1. The summed E-state index contributed by atoms with van der Waals surface area (Å²) in [5.74, 6) is -0.444. The molecule has 6 nitrogen and oxygen atoms in total. The van der Waals surface area contributed by atoms with Crippen LogP contribution in [0.25, 0.3) is 0 Å². The van der Waals surface area contributed by atoms with Gasteiger partial charge < -0.3 is 9.80 Å². The molecule has 0 radical (unpaired) electrons. The number of carbonyl (C=O) groups is 3. The van der Waals surface area contributed by atoms with Crippen molar-refractivity contribution in [2.75, 3.05) is 19.8 Å². The van der Waals surface area contributed by atoms with Crippen molar-refractivity contribution in [1.82, 2.24) is 14.7 Å².